The highest BCUT2D eigenvalue weighted by molar-refractivity contribution is 7.09. The summed E-state index contributed by atoms with van der Waals surface area (Å²) < 4.78 is 5.24. The zero-order valence-electron chi connectivity index (χ0n) is 16.2. The smallest absolute Gasteiger partial charge is 0.258 e. The van der Waals surface area contributed by atoms with Crippen LogP contribution in [-0.2, 0) is 11.3 Å². The lowest BCUT2D eigenvalue weighted by atomic mass is 10.1. The second-order valence-corrected chi connectivity index (χ2v) is 7.90. The summed E-state index contributed by atoms with van der Waals surface area (Å²) >= 11 is 1.62. The van der Waals surface area contributed by atoms with E-state index >= 15 is 0 Å². The monoisotopic (exact) mass is 406 g/mol. The van der Waals surface area contributed by atoms with Crippen molar-refractivity contribution in [1.82, 2.24) is 0 Å². The summed E-state index contributed by atoms with van der Waals surface area (Å²) in [4.78, 5) is 30.2. The maximum absolute atomic E-state index is 13.5. The molecule has 29 heavy (non-hydrogen) atoms. The van der Waals surface area contributed by atoms with Gasteiger partial charge in [0, 0.05) is 34.8 Å². The van der Waals surface area contributed by atoms with E-state index in [1.54, 1.807) is 34.3 Å². The molecule has 148 valence electrons. The summed E-state index contributed by atoms with van der Waals surface area (Å²) in [7, 11) is 1.62. The molecule has 3 aromatic rings. The number of rotatable bonds is 6. The Balaban J connectivity index is 1.66. The lowest BCUT2D eigenvalue weighted by molar-refractivity contribution is -0.117. The van der Waals surface area contributed by atoms with E-state index in [1.165, 1.54) is 0 Å². The molecule has 6 heteroatoms. The van der Waals surface area contributed by atoms with Gasteiger partial charge < -0.3 is 14.5 Å². The first-order chi connectivity index (χ1) is 14.2. The molecular formula is C23H22N2O3S. The average Bonchev–Trinajstić information content (AvgIpc) is 3.43. The van der Waals surface area contributed by atoms with Crippen LogP contribution in [0.4, 0.5) is 11.4 Å². The highest BCUT2D eigenvalue weighted by Gasteiger charge is 2.24. The van der Waals surface area contributed by atoms with Gasteiger partial charge in [0.2, 0.25) is 5.91 Å². The van der Waals surface area contributed by atoms with Crippen molar-refractivity contribution in [2.75, 3.05) is 23.5 Å². The largest absolute Gasteiger partial charge is 0.497 e. The molecule has 0 atom stereocenters. The molecule has 0 aliphatic carbocycles. The van der Waals surface area contributed by atoms with Crippen LogP contribution in [0.25, 0.3) is 0 Å². The van der Waals surface area contributed by atoms with E-state index in [0.29, 0.717) is 25.1 Å². The predicted octanol–water partition coefficient (Wildman–Crippen LogP) is 4.73. The van der Waals surface area contributed by atoms with E-state index in [4.69, 9.17) is 4.74 Å². The summed E-state index contributed by atoms with van der Waals surface area (Å²) in [6, 6.07) is 18.8. The minimum atomic E-state index is -0.0999. The molecule has 0 N–H and O–H groups in total. The van der Waals surface area contributed by atoms with Gasteiger partial charge in [0.1, 0.15) is 5.75 Å². The minimum Gasteiger partial charge on any atom is -0.497 e. The molecule has 0 spiro atoms. The van der Waals surface area contributed by atoms with Crippen molar-refractivity contribution in [3.63, 3.8) is 0 Å². The summed E-state index contributed by atoms with van der Waals surface area (Å²) in [5, 5.41) is 2.01. The third-order valence-corrected chi connectivity index (χ3v) is 5.86. The Bertz CT molecular complexity index is 999. The molecule has 1 aliphatic heterocycles. The van der Waals surface area contributed by atoms with Gasteiger partial charge in [-0.3, -0.25) is 9.59 Å². The molecule has 2 aromatic carbocycles. The zero-order valence-corrected chi connectivity index (χ0v) is 17.0. The Kier molecular flexibility index (Phi) is 5.62. The molecule has 5 nitrogen and oxygen atoms in total. The molecule has 0 radical (unpaired) electrons. The van der Waals surface area contributed by atoms with Crippen LogP contribution >= 0.6 is 11.3 Å². The number of benzene rings is 2. The van der Waals surface area contributed by atoms with Gasteiger partial charge in [-0.2, -0.15) is 0 Å². The highest BCUT2D eigenvalue weighted by atomic mass is 32.1. The maximum Gasteiger partial charge on any atom is 0.258 e. The summed E-state index contributed by atoms with van der Waals surface area (Å²) in [5.41, 5.74) is 2.14. The first kappa shape index (κ1) is 19.2. The molecule has 2 amide bonds. The third-order valence-electron chi connectivity index (χ3n) is 5.00. The first-order valence-corrected chi connectivity index (χ1v) is 10.4. The van der Waals surface area contributed by atoms with Gasteiger partial charge >= 0.3 is 0 Å². The van der Waals surface area contributed by atoms with Crippen LogP contribution in [0.2, 0.25) is 0 Å². The van der Waals surface area contributed by atoms with Crippen molar-refractivity contribution in [3.8, 4) is 5.75 Å². The predicted molar refractivity (Wildman–Crippen MR) is 116 cm³/mol. The highest BCUT2D eigenvalue weighted by Crippen LogP contribution is 2.27. The second-order valence-electron chi connectivity index (χ2n) is 6.87. The molecule has 0 saturated carbocycles. The van der Waals surface area contributed by atoms with Crippen LogP contribution in [0.5, 0.6) is 5.75 Å². The van der Waals surface area contributed by atoms with Gasteiger partial charge in [-0.05, 0) is 60.3 Å². The van der Waals surface area contributed by atoms with Crippen LogP contribution in [0.3, 0.4) is 0 Å². The van der Waals surface area contributed by atoms with Gasteiger partial charge in [-0.15, -0.1) is 11.3 Å². The number of methoxy groups -OCH3 is 1. The number of carbonyl (C=O) groups is 2. The summed E-state index contributed by atoms with van der Waals surface area (Å²) in [6.45, 7) is 1.18. The molecule has 0 bridgehead atoms. The van der Waals surface area contributed by atoms with Crippen LogP contribution in [0, 0.1) is 0 Å². The Morgan fingerprint density at radius 3 is 2.62 bits per heavy atom. The van der Waals surface area contributed by atoms with Gasteiger partial charge in [0.15, 0.2) is 0 Å². The maximum atomic E-state index is 13.5. The number of nitrogens with zero attached hydrogens (tertiary/aromatic N) is 2. The van der Waals surface area contributed by atoms with E-state index in [1.807, 2.05) is 60.0 Å². The summed E-state index contributed by atoms with van der Waals surface area (Å²) in [5.74, 6) is 0.754. The fraction of sp³-hybridized carbons (Fsp3) is 0.217. The zero-order chi connectivity index (χ0) is 20.2. The molecule has 0 unspecified atom stereocenters. The number of anilines is 2. The van der Waals surface area contributed by atoms with E-state index in [9.17, 15) is 9.59 Å². The lowest BCUT2D eigenvalue weighted by Crippen LogP contribution is -2.30. The molecule has 2 heterocycles. The second kappa shape index (κ2) is 8.49. The summed E-state index contributed by atoms with van der Waals surface area (Å²) in [6.07, 6.45) is 1.42. The Morgan fingerprint density at radius 2 is 1.97 bits per heavy atom. The molecular weight excluding hydrogens is 384 g/mol. The van der Waals surface area contributed by atoms with Gasteiger partial charge in [-0.1, -0.05) is 12.1 Å². The topological polar surface area (TPSA) is 49.9 Å². The number of thiophene rings is 1. The number of hydrogen-bond donors (Lipinski definition) is 0. The van der Waals surface area contributed by atoms with Crippen LogP contribution < -0.4 is 14.5 Å². The normalized spacial score (nSPS) is 13.6. The quantitative estimate of drug-likeness (QED) is 0.595. The number of carbonyl (C=O) groups excluding carboxylic acids is 2. The van der Waals surface area contributed by atoms with Crippen molar-refractivity contribution >= 4 is 34.5 Å². The van der Waals surface area contributed by atoms with Crippen molar-refractivity contribution < 1.29 is 14.3 Å². The Hall–Kier alpha value is -3.12. The molecule has 1 saturated heterocycles. The fourth-order valence-electron chi connectivity index (χ4n) is 3.48. The molecule has 1 aromatic heterocycles. The number of amides is 2. The standard InChI is InChI=1S/C23H22N2O3S/c1-28-20-11-9-18(10-12-20)25(16-21-7-4-14-29-21)23(27)17-5-2-6-19(15-17)24-13-3-8-22(24)26/h2,4-7,9-12,14-15H,3,8,13,16H2,1H3. The average molecular weight is 407 g/mol. The van der Waals surface area contributed by atoms with Gasteiger partial charge in [0.25, 0.3) is 5.91 Å². The Labute approximate surface area is 174 Å². The number of hydrogen-bond acceptors (Lipinski definition) is 4. The lowest BCUT2D eigenvalue weighted by Gasteiger charge is -2.24. The molecule has 1 aliphatic rings. The van der Waals surface area contributed by atoms with E-state index in [0.717, 1.165) is 28.4 Å². The minimum absolute atomic E-state index is 0.0999. The van der Waals surface area contributed by atoms with Crippen LogP contribution in [0.15, 0.2) is 66.0 Å². The molecule has 1 fully saturated rings. The van der Waals surface area contributed by atoms with Crippen molar-refractivity contribution in [2.24, 2.45) is 0 Å². The van der Waals surface area contributed by atoms with E-state index in [-0.39, 0.29) is 11.8 Å². The fourth-order valence-corrected chi connectivity index (χ4v) is 4.18. The van der Waals surface area contributed by atoms with Crippen molar-refractivity contribution in [3.05, 3.63) is 76.5 Å². The molecule has 4 rings (SSSR count). The van der Waals surface area contributed by atoms with Crippen LogP contribution in [-0.4, -0.2) is 25.5 Å². The van der Waals surface area contributed by atoms with Crippen molar-refractivity contribution in [2.45, 2.75) is 19.4 Å². The van der Waals surface area contributed by atoms with Crippen LogP contribution in [0.1, 0.15) is 28.1 Å². The SMILES string of the molecule is COc1ccc(N(Cc2cccs2)C(=O)c2cccc(N3CCCC3=O)c2)cc1. The van der Waals surface area contributed by atoms with Crippen molar-refractivity contribution in [1.29, 1.82) is 0 Å². The Morgan fingerprint density at radius 1 is 1.14 bits per heavy atom. The van der Waals surface area contributed by atoms with E-state index < -0.39 is 0 Å². The third kappa shape index (κ3) is 4.17. The van der Waals surface area contributed by atoms with E-state index in [2.05, 4.69) is 0 Å². The first-order valence-electron chi connectivity index (χ1n) is 9.54. The van der Waals surface area contributed by atoms with Gasteiger partial charge in [0.05, 0.1) is 13.7 Å². The van der Waals surface area contributed by atoms with Gasteiger partial charge in [-0.25, -0.2) is 0 Å². The number of ether oxygens (including phenoxy) is 1.